The fourth-order valence-corrected chi connectivity index (χ4v) is 1.14. The summed E-state index contributed by atoms with van der Waals surface area (Å²) in [5.74, 6) is 0.187. The van der Waals surface area contributed by atoms with Gasteiger partial charge in [0.15, 0.2) is 0 Å². The molecule has 5 nitrogen and oxygen atoms in total. The van der Waals surface area contributed by atoms with Crippen LogP contribution in [0.2, 0.25) is 0 Å². The average Bonchev–Trinajstić information content (AvgIpc) is 1.78. The summed E-state index contributed by atoms with van der Waals surface area (Å²) in [7, 11) is -4.06. The van der Waals surface area contributed by atoms with E-state index in [1.807, 2.05) is 0 Å². The van der Waals surface area contributed by atoms with Crippen LogP contribution < -0.4 is 0 Å². The molecule has 1 aliphatic rings. The van der Waals surface area contributed by atoms with Crippen LogP contribution in [0.3, 0.4) is 0 Å². The van der Waals surface area contributed by atoms with Crippen molar-refractivity contribution in [2.45, 2.75) is 6.92 Å². The van der Waals surface area contributed by atoms with E-state index < -0.39 is 10.3 Å². The number of hydrogen-bond acceptors (Lipinski definition) is 4. The van der Waals surface area contributed by atoms with Crippen molar-refractivity contribution in [2.24, 2.45) is 0 Å². The Hall–Kier alpha value is -1.04. The predicted octanol–water partition coefficient (Wildman–Crippen LogP) is -0.254. The van der Waals surface area contributed by atoms with Gasteiger partial charge in [-0.2, -0.15) is 0 Å². The van der Waals surface area contributed by atoms with Gasteiger partial charge in [-0.1, -0.05) is 4.14 Å². The molecule has 0 saturated carbocycles. The monoisotopic (exact) mass is 163 g/mol. The smallest absolute Gasteiger partial charge is 0.571 e. The summed E-state index contributed by atoms with van der Waals surface area (Å²) in [4.78, 5) is 0. The van der Waals surface area contributed by atoms with E-state index in [1.165, 1.54) is 13.0 Å². The molecule has 0 aliphatic carbocycles. The molecule has 0 unspecified atom stereocenters. The standard InChI is InChI=1S/C4H5NO4S/c1-4-2-3-5(6)10(7,8)9-4/h2-3H,1H3. The van der Waals surface area contributed by atoms with Crippen LogP contribution in [0.5, 0.6) is 0 Å². The fraction of sp³-hybridized carbons (Fsp3) is 0.250. The van der Waals surface area contributed by atoms with Crippen molar-refractivity contribution in [2.75, 3.05) is 0 Å². The first-order valence-corrected chi connectivity index (χ1v) is 3.81. The van der Waals surface area contributed by atoms with E-state index >= 15 is 0 Å². The Balaban J connectivity index is 3.14. The molecule has 0 atom stereocenters. The minimum absolute atomic E-state index is 0.187. The average molecular weight is 163 g/mol. The summed E-state index contributed by atoms with van der Waals surface area (Å²) in [5.41, 5.74) is 0. The number of nitrogens with zero attached hydrogens (tertiary/aromatic N) is 1. The van der Waals surface area contributed by atoms with E-state index in [0.717, 1.165) is 6.21 Å². The molecule has 0 fully saturated rings. The first-order valence-electron chi connectivity index (χ1n) is 2.45. The molecule has 0 N–H and O–H groups in total. The molecule has 10 heavy (non-hydrogen) atoms. The highest BCUT2D eigenvalue weighted by atomic mass is 32.2. The molecule has 0 aromatic heterocycles. The molecule has 6 heteroatoms. The molecule has 0 radical (unpaired) electrons. The number of hydrogen-bond donors (Lipinski definition) is 0. The zero-order chi connectivity index (χ0) is 7.78. The van der Waals surface area contributed by atoms with Gasteiger partial charge in [-0.25, -0.2) is 0 Å². The molecule has 0 amide bonds. The van der Waals surface area contributed by atoms with Gasteiger partial charge in [0, 0.05) is 6.08 Å². The molecule has 56 valence electrons. The first kappa shape index (κ1) is 7.07. The molecule has 0 aromatic rings. The fourth-order valence-electron chi connectivity index (χ4n) is 0.471. The summed E-state index contributed by atoms with van der Waals surface area (Å²) in [6.07, 6.45) is 2.15. The molecule has 1 rings (SSSR count). The quantitative estimate of drug-likeness (QED) is 0.364. The van der Waals surface area contributed by atoms with Crippen LogP contribution in [0, 0.1) is 5.21 Å². The van der Waals surface area contributed by atoms with Gasteiger partial charge < -0.3 is 9.39 Å². The Morgan fingerprint density at radius 2 is 2.30 bits per heavy atom. The van der Waals surface area contributed by atoms with Crippen molar-refractivity contribution < 1.29 is 16.7 Å². The molecule has 0 aromatic carbocycles. The maximum Gasteiger partial charge on any atom is 0.571 e. The topological polar surface area (TPSA) is 69.4 Å². The highest BCUT2D eigenvalue weighted by Crippen LogP contribution is 2.06. The van der Waals surface area contributed by atoms with Crippen LogP contribution in [0.25, 0.3) is 0 Å². The number of rotatable bonds is 0. The van der Waals surface area contributed by atoms with Crippen molar-refractivity contribution in [3.8, 4) is 0 Å². The minimum Gasteiger partial charge on any atom is -0.605 e. The van der Waals surface area contributed by atoms with Crippen LogP contribution >= 0.6 is 0 Å². The first-order chi connectivity index (χ1) is 4.52. The SMILES string of the molecule is CC1=CC=[N+]([O-])S(=O)(=O)O1. The Labute approximate surface area is 58.1 Å². The molecular formula is C4H5NO4S. The molecule has 1 aliphatic heterocycles. The third-order valence-corrected chi connectivity index (χ3v) is 1.92. The maximum absolute atomic E-state index is 10.5. The van der Waals surface area contributed by atoms with Crippen molar-refractivity contribution in [1.82, 2.24) is 0 Å². The van der Waals surface area contributed by atoms with Crippen LogP contribution in [-0.2, 0) is 14.5 Å². The Morgan fingerprint density at radius 3 is 2.70 bits per heavy atom. The van der Waals surface area contributed by atoms with Gasteiger partial charge in [-0.15, -0.1) is 8.42 Å². The molecule has 0 spiro atoms. The van der Waals surface area contributed by atoms with Crippen LogP contribution in [0.1, 0.15) is 6.92 Å². The van der Waals surface area contributed by atoms with Crippen molar-refractivity contribution >= 4 is 16.5 Å². The lowest BCUT2D eigenvalue weighted by molar-refractivity contribution is -0.288. The van der Waals surface area contributed by atoms with E-state index in [-0.39, 0.29) is 9.90 Å². The van der Waals surface area contributed by atoms with Crippen molar-refractivity contribution in [3.63, 3.8) is 0 Å². The van der Waals surface area contributed by atoms with Crippen LogP contribution in [-0.4, -0.2) is 18.8 Å². The maximum atomic E-state index is 10.5. The second-order valence-electron chi connectivity index (χ2n) is 1.72. The van der Waals surface area contributed by atoms with Gasteiger partial charge in [0.05, 0.1) is 0 Å². The second kappa shape index (κ2) is 1.98. The second-order valence-corrected chi connectivity index (χ2v) is 3.10. The van der Waals surface area contributed by atoms with E-state index in [0.29, 0.717) is 0 Å². The van der Waals surface area contributed by atoms with Crippen LogP contribution in [0.15, 0.2) is 11.8 Å². The van der Waals surface area contributed by atoms with Gasteiger partial charge in [-0.05, 0) is 6.92 Å². The summed E-state index contributed by atoms with van der Waals surface area (Å²) in [6.45, 7) is 1.45. The summed E-state index contributed by atoms with van der Waals surface area (Å²) in [6, 6.07) is 0. The zero-order valence-electron chi connectivity index (χ0n) is 5.14. The highest BCUT2D eigenvalue weighted by Gasteiger charge is 2.24. The molecule has 0 saturated heterocycles. The normalized spacial score (nSPS) is 22.5. The third-order valence-electron chi connectivity index (χ3n) is 0.888. The van der Waals surface area contributed by atoms with Crippen LogP contribution in [0.4, 0.5) is 0 Å². The Bertz CT molecular complexity index is 299. The van der Waals surface area contributed by atoms with E-state index in [2.05, 4.69) is 4.18 Å². The summed E-state index contributed by atoms with van der Waals surface area (Å²) >= 11 is 0. The van der Waals surface area contributed by atoms with Gasteiger partial charge in [0.1, 0.15) is 5.76 Å². The van der Waals surface area contributed by atoms with E-state index in [1.54, 1.807) is 0 Å². The Kier molecular flexibility index (Phi) is 1.40. The lowest BCUT2D eigenvalue weighted by atomic mass is 10.5. The zero-order valence-corrected chi connectivity index (χ0v) is 5.96. The third kappa shape index (κ3) is 1.10. The van der Waals surface area contributed by atoms with E-state index in [9.17, 15) is 13.6 Å². The van der Waals surface area contributed by atoms with Gasteiger partial charge in [-0.3, -0.25) is 0 Å². The van der Waals surface area contributed by atoms with E-state index in [4.69, 9.17) is 0 Å². The highest BCUT2D eigenvalue weighted by molar-refractivity contribution is 7.80. The lowest BCUT2D eigenvalue weighted by Gasteiger charge is -2.07. The van der Waals surface area contributed by atoms with Gasteiger partial charge in [0.2, 0.25) is 6.21 Å². The van der Waals surface area contributed by atoms with Crippen molar-refractivity contribution in [1.29, 1.82) is 0 Å². The molecule has 0 bridgehead atoms. The van der Waals surface area contributed by atoms with Gasteiger partial charge >= 0.3 is 10.3 Å². The molecule has 1 heterocycles. The Morgan fingerprint density at radius 1 is 1.70 bits per heavy atom. The summed E-state index contributed by atoms with van der Waals surface area (Å²) in [5, 5.41) is 10.4. The largest absolute Gasteiger partial charge is 0.605 e. The minimum atomic E-state index is -4.06. The van der Waals surface area contributed by atoms with Gasteiger partial charge in [0.25, 0.3) is 0 Å². The lowest BCUT2D eigenvalue weighted by Crippen LogP contribution is -2.21. The molecular weight excluding hydrogens is 158 g/mol. The summed E-state index contributed by atoms with van der Waals surface area (Å²) < 4.78 is 25.0. The predicted molar refractivity (Wildman–Crippen MR) is 33.5 cm³/mol. The number of allylic oxidation sites excluding steroid dienone is 2. The van der Waals surface area contributed by atoms with Crippen molar-refractivity contribution in [3.05, 3.63) is 17.0 Å².